The second-order valence-electron chi connectivity index (χ2n) is 8.32. The molecular formula is C21H28F2N2O2Si. The van der Waals surface area contributed by atoms with Crippen molar-refractivity contribution in [3.63, 3.8) is 0 Å². The van der Waals surface area contributed by atoms with Crippen LogP contribution in [0.25, 0.3) is 0 Å². The van der Waals surface area contributed by atoms with Crippen LogP contribution in [0.3, 0.4) is 0 Å². The molecule has 2 aromatic carbocycles. The highest BCUT2D eigenvalue weighted by molar-refractivity contribution is 6.74. The van der Waals surface area contributed by atoms with Crippen LogP contribution < -0.4 is 15.1 Å². The van der Waals surface area contributed by atoms with Gasteiger partial charge in [-0.2, -0.15) is 0 Å². The SMILES string of the molecule is Cc1c(NC(=O)CNc2ccc(F)c(F)c2)cccc1O[Si](C)(C)C(C)(C)C. The van der Waals surface area contributed by atoms with Gasteiger partial charge in [0.25, 0.3) is 0 Å². The van der Waals surface area contributed by atoms with E-state index in [-0.39, 0.29) is 17.5 Å². The third kappa shape index (κ3) is 5.31. The lowest BCUT2D eigenvalue weighted by atomic mass is 10.2. The molecule has 4 nitrogen and oxygen atoms in total. The van der Waals surface area contributed by atoms with Gasteiger partial charge in [0.05, 0.1) is 6.54 Å². The molecule has 0 aliphatic rings. The second kappa shape index (κ2) is 8.30. The molecule has 0 saturated heterocycles. The maximum atomic E-state index is 13.2. The molecule has 2 N–H and O–H groups in total. The Morgan fingerprint density at radius 2 is 1.79 bits per heavy atom. The number of amides is 1. The van der Waals surface area contributed by atoms with Crippen LogP contribution in [0.4, 0.5) is 20.2 Å². The van der Waals surface area contributed by atoms with Crippen molar-refractivity contribution in [2.45, 2.75) is 45.8 Å². The summed E-state index contributed by atoms with van der Waals surface area (Å²) in [4.78, 5) is 12.3. The van der Waals surface area contributed by atoms with Crippen LogP contribution >= 0.6 is 0 Å². The fraction of sp³-hybridized carbons (Fsp3) is 0.381. The van der Waals surface area contributed by atoms with E-state index in [0.29, 0.717) is 11.4 Å². The number of hydrogen-bond acceptors (Lipinski definition) is 3. The summed E-state index contributed by atoms with van der Waals surface area (Å²) in [5.74, 6) is -1.42. The van der Waals surface area contributed by atoms with Gasteiger partial charge >= 0.3 is 0 Å². The summed E-state index contributed by atoms with van der Waals surface area (Å²) in [6.45, 7) is 12.7. The van der Waals surface area contributed by atoms with Gasteiger partial charge in [-0.3, -0.25) is 4.79 Å². The third-order valence-electron chi connectivity index (χ3n) is 5.10. The number of halogens is 2. The largest absolute Gasteiger partial charge is 0.543 e. The van der Waals surface area contributed by atoms with Crippen LogP contribution in [0, 0.1) is 18.6 Å². The minimum absolute atomic E-state index is 0.0625. The van der Waals surface area contributed by atoms with Crippen LogP contribution in [0.5, 0.6) is 5.75 Å². The zero-order valence-electron chi connectivity index (χ0n) is 17.2. The van der Waals surface area contributed by atoms with E-state index < -0.39 is 20.0 Å². The molecule has 7 heteroatoms. The quantitative estimate of drug-likeness (QED) is 0.604. The first kappa shape index (κ1) is 21.9. The maximum absolute atomic E-state index is 13.2. The summed E-state index contributed by atoms with van der Waals surface area (Å²) in [6, 6.07) is 8.97. The van der Waals surface area contributed by atoms with E-state index in [9.17, 15) is 13.6 Å². The normalized spacial score (nSPS) is 11.9. The predicted molar refractivity (Wildman–Crippen MR) is 112 cm³/mol. The molecule has 2 rings (SSSR count). The van der Waals surface area contributed by atoms with Crippen LogP contribution in [0.2, 0.25) is 18.1 Å². The Hall–Kier alpha value is -2.41. The van der Waals surface area contributed by atoms with Crippen molar-refractivity contribution >= 4 is 25.6 Å². The highest BCUT2D eigenvalue weighted by Crippen LogP contribution is 2.39. The summed E-state index contributed by atoms with van der Waals surface area (Å²) in [5.41, 5.74) is 1.85. The highest BCUT2D eigenvalue weighted by atomic mass is 28.4. The first-order chi connectivity index (χ1) is 12.9. The molecule has 152 valence electrons. The van der Waals surface area contributed by atoms with Gasteiger partial charge in [0.15, 0.2) is 11.6 Å². The Bertz CT molecular complexity index is 864. The zero-order valence-corrected chi connectivity index (χ0v) is 18.2. The fourth-order valence-corrected chi connectivity index (χ4v) is 3.35. The van der Waals surface area contributed by atoms with E-state index in [2.05, 4.69) is 44.5 Å². The summed E-state index contributed by atoms with van der Waals surface area (Å²) in [5, 5.41) is 5.68. The molecule has 0 radical (unpaired) electrons. The van der Waals surface area contributed by atoms with Crippen molar-refractivity contribution < 1.29 is 18.0 Å². The number of benzene rings is 2. The van der Waals surface area contributed by atoms with E-state index in [1.165, 1.54) is 6.07 Å². The molecule has 0 heterocycles. The monoisotopic (exact) mass is 406 g/mol. The molecular weight excluding hydrogens is 378 g/mol. The summed E-state index contributed by atoms with van der Waals surface area (Å²) in [6.07, 6.45) is 0. The Labute approximate surface area is 166 Å². The fourth-order valence-electron chi connectivity index (χ4n) is 2.27. The minimum atomic E-state index is -2.00. The van der Waals surface area contributed by atoms with Crippen molar-refractivity contribution in [2.75, 3.05) is 17.2 Å². The molecule has 0 atom stereocenters. The third-order valence-corrected chi connectivity index (χ3v) is 9.44. The Kier molecular flexibility index (Phi) is 6.49. The zero-order chi connectivity index (χ0) is 21.1. The molecule has 0 bridgehead atoms. The van der Waals surface area contributed by atoms with E-state index in [1.807, 2.05) is 25.1 Å². The number of carbonyl (C=O) groups is 1. The minimum Gasteiger partial charge on any atom is -0.543 e. The van der Waals surface area contributed by atoms with Gasteiger partial charge in [-0.05, 0) is 49.3 Å². The van der Waals surface area contributed by atoms with Gasteiger partial charge in [-0.25, -0.2) is 8.78 Å². The number of carbonyl (C=O) groups excluding carboxylic acids is 1. The molecule has 0 spiro atoms. The molecule has 28 heavy (non-hydrogen) atoms. The Morgan fingerprint density at radius 1 is 1.11 bits per heavy atom. The molecule has 0 aliphatic carbocycles. The van der Waals surface area contributed by atoms with Crippen molar-refractivity contribution in [3.8, 4) is 5.75 Å². The average Bonchev–Trinajstić information content (AvgIpc) is 2.58. The second-order valence-corrected chi connectivity index (χ2v) is 13.0. The number of rotatable bonds is 6. The predicted octanol–water partition coefficient (Wildman–Crippen LogP) is 5.71. The number of nitrogens with one attached hydrogen (secondary N) is 2. The smallest absolute Gasteiger partial charge is 0.250 e. The molecule has 2 aromatic rings. The van der Waals surface area contributed by atoms with E-state index in [4.69, 9.17) is 4.43 Å². The van der Waals surface area contributed by atoms with E-state index in [0.717, 1.165) is 23.4 Å². The lowest BCUT2D eigenvalue weighted by Crippen LogP contribution is -2.44. The number of anilines is 2. The molecule has 0 fully saturated rings. The van der Waals surface area contributed by atoms with Gasteiger partial charge in [0.2, 0.25) is 14.2 Å². The van der Waals surface area contributed by atoms with E-state index >= 15 is 0 Å². The maximum Gasteiger partial charge on any atom is 0.250 e. The average molecular weight is 407 g/mol. The lowest BCUT2D eigenvalue weighted by molar-refractivity contribution is -0.114. The van der Waals surface area contributed by atoms with E-state index in [1.54, 1.807) is 0 Å². The van der Waals surface area contributed by atoms with Crippen LogP contribution in [-0.4, -0.2) is 20.8 Å². The van der Waals surface area contributed by atoms with Crippen molar-refractivity contribution in [1.29, 1.82) is 0 Å². The van der Waals surface area contributed by atoms with Crippen LogP contribution in [-0.2, 0) is 4.79 Å². The Morgan fingerprint density at radius 3 is 2.39 bits per heavy atom. The van der Waals surface area contributed by atoms with Gasteiger partial charge in [-0.15, -0.1) is 0 Å². The highest BCUT2D eigenvalue weighted by Gasteiger charge is 2.39. The molecule has 0 aromatic heterocycles. The van der Waals surface area contributed by atoms with Gasteiger partial charge < -0.3 is 15.1 Å². The van der Waals surface area contributed by atoms with Gasteiger partial charge in [0.1, 0.15) is 5.75 Å². The molecule has 0 unspecified atom stereocenters. The first-order valence-electron chi connectivity index (χ1n) is 9.18. The standard InChI is InChI=1S/C21H28F2N2O2Si/c1-14-18(8-7-9-19(14)27-28(5,6)21(2,3)4)25-20(26)13-24-15-10-11-16(22)17(23)12-15/h7-12,24H,13H2,1-6H3,(H,25,26). The van der Waals surface area contributed by atoms with Gasteiger partial charge in [0, 0.05) is 23.0 Å². The summed E-state index contributed by atoms with van der Waals surface area (Å²) in [7, 11) is -2.00. The molecule has 0 saturated carbocycles. The number of hydrogen-bond donors (Lipinski definition) is 2. The topological polar surface area (TPSA) is 50.4 Å². The summed E-state index contributed by atoms with van der Waals surface area (Å²) < 4.78 is 32.6. The molecule has 0 aliphatic heterocycles. The Balaban J connectivity index is 2.05. The van der Waals surface area contributed by atoms with Crippen molar-refractivity contribution in [2.24, 2.45) is 0 Å². The van der Waals surface area contributed by atoms with Crippen LogP contribution in [0.1, 0.15) is 26.3 Å². The first-order valence-corrected chi connectivity index (χ1v) is 12.1. The summed E-state index contributed by atoms with van der Waals surface area (Å²) >= 11 is 0. The van der Waals surface area contributed by atoms with Crippen molar-refractivity contribution in [3.05, 3.63) is 53.6 Å². The lowest BCUT2D eigenvalue weighted by Gasteiger charge is -2.37. The molecule has 1 amide bonds. The van der Waals surface area contributed by atoms with Crippen molar-refractivity contribution in [1.82, 2.24) is 0 Å². The van der Waals surface area contributed by atoms with Crippen LogP contribution in [0.15, 0.2) is 36.4 Å². The van der Waals surface area contributed by atoms with Gasteiger partial charge in [-0.1, -0.05) is 26.8 Å².